The minimum atomic E-state index is -0.662. The Morgan fingerprint density at radius 2 is 2.00 bits per heavy atom. The largest absolute Gasteiger partial charge is 0.294 e. The van der Waals surface area contributed by atoms with Gasteiger partial charge in [-0.2, -0.15) is 0 Å². The van der Waals surface area contributed by atoms with Gasteiger partial charge in [-0.3, -0.25) is 4.40 Å². The van der Waals surface area contributed by atoms with E-state index in [2.05, 4.69) is 15.0 Å². The van der Waals surface area contributed by atoms with E-state index in [1.807, 2.05) is 0 Å². The van der Waals surface area contributed by atoms with Crippen molar-refractivity contribution in [3.8, 4) is 11.5 Å². The molecule has 0 spiro atoms. The molecule has 0 fully saturated rings. The molecule has 0 bridgehead atoms. The summed E-state index contributed by atoms with van der Waals surface area (Å²) in [6, 6.07) is 2.83. The fourth-order valence-electron chi connectivity index (χ4n) is 1.76. The molecule has 0 atom stereocenters. The third-order valence-electron chi connectivity index (χ3n) is 2.68. The molecule has 0 saturated heterocycles. The summed E-state index contributed by atoms with van der Waals surface area (Å²) >= 11 is 5.69. The topological polar surface area (TPSA) is 43.1 Å². The maximum atomic E-state index is 13.4. The summed E-state index contributed by atoms with van der Waals surface area (Å²) < 4.78 is 28.1. The molecule has 0 aliphatic carbocycles. The van der Waals surface area contributed by atoms with Gasteiger partial charge in [-0.05, 0) is 19.1 Å². The van der Waals surface area contributed by atoms with Crippen LogP contribution < -0.4 is 0 Å². The van der Waals surface area contributed by atoms with Crippen LogP contribution in [0.1, 0.15) is 5.69 Å². The van der Waals surface area contributed by atoms with Crippen LogP contribution in [0.15, 0.2) is 24.5 Å². The molecular weight excluding hydrogens is 274 g/mol. The maximum absolute atomic E-state index is 13.4. The smallest absolute Gasteiger partial charge is 0.181 e. The number of fused-ring (bicyclic) bond motifs is 1. The van der Waals surface area contributed by atoms with E-state index in [9.17, 15) is 8.78 Å². The lowest BCUT2D eigenvalue weighted by atomic mass is 10.3. The molecule has 0 amide bonds. The van der Waals surface area contributed by atoms with Crippen molar-refractivity contribution in [2.75, 3.05) is 0 Å². The third-order valence-corrected chi connectivity index (χ3v) is 2.93. The first-order valence-electron chi connectivity index (χ1n) is 5.39. The highest BCUT2D eigenvalue weighted by molar-refractivity contribution is 6.29. The Bertz CT molecular complexity index is 761. The van der Waals surface area contributed by atoms with E-state index in [-0.39, 0.29) is 16.7 Å². The fourth-order valence-corrected chi connectivity index (χ4v) is 1.98. The van der Waals surface area contributed by atoms with Crippen LogP contribution in [-0.2, 0) is 0 Å². The summed E-state index contributed by atoms with van der Waals surface area (Å²) in [5.41, 5.74) is 1.11. The normalized spacial score (nSPS) is 11.2. The second kappa shape index (κ2) is 4.24. The number of hydrogen-bond acceptors (Lipinski definition) is 3. The highest BCUT2D eigenvalue weighted by atomic mass is 35.5. The predicted molar refractivity (Wildman–Crippen MR) is 65.9 cm³/mol. The monoisotopic (exact) mass is 280 g/mol. The number of hydrogen-bond donors (Lipinski definition) is 0. The predicted octanol–water partition coefficient (Wildman–Crippen LogP) is 3.03. The second-order valence-electron chi connectivity index (χ2n) is 3.96. The molecule has 19 heavy (non-hydrogen) atoms. The van der Waals surface area contributed by atoms with E-state index in [4.69, 9.17) is 11.6 Å². The summed E-state index contributed by atoms with van der Waals surface area (Å²) in [6.45, 7) is 1.48. The highest BCUT2D eigenvalue weighted by Crippen LogP contribution is 2.22. The molecule has 3 aromatic rings. The molecule has 3 rings (SSSR count). The minimum Gasteiger partial charge on any atom is -0.294 e. The number of imidazole rings is 1. The molecule has 0 aromatic carbocycles. The van der Waals surface area contributed by atoms with E-state index in [1.54, 1.807) is 0 Å². The standard InChI is InChI=1S/C12H7ClF2N4/c1-6-10(15)11(13)18-12(17-6)8-4-16-9-3-2-7(14)5-19(8)9/h2-5H,1H3. The van der Waals surface area contributed by atoms with Crippen molar-refractivity contribution in [1.82, 2.24) is 19.4 Å². The molecule has 7 heteroatoms. The molecule has 0 saturated carbocycles. The Balaban J connectivity index is 2.27. The number of halogens is 3. The molecular formula is C12H7ClF2N4. The first kappa shape index (κ1) is 12.0. The summed E-state index contributed by atoms with van der Waals surface area (Å²) in [5, 5.41) is -0.270. The van der Waals surface area contributed by atoms with Crippen molar-refractivity contribution in [2.24, 2.45) is 0 Å². The molecule has 96 valence electrons. The number of rotatable bonds is 1. The van der Waals surface area contributed by atoms with Crippen LogP contribution in [0.2, 0.25) is 5.15 Å². The van der Waals surface area contributed by atoms with Gasteiger partial charge in [0, 0.05) is 6.20 Å². The van der Waals surface area contributed by atoms with Crippen molar-refractivity contribution in [3.05, 3.63) is 47.0 Å². The Hall–Kier alpha value is -2.08. The molecule has 4 nitrogen and oxygen atoms in total. The summed E-state index contributed by atoms with van der Waals surface area (Å²) in [5.74, 6) is -0.885. The van der Waals surface area contributed by atoms with Gasteiger partial charge in [-0.1, -0.05) is 11.6 Å². The van der Waals surface area contributed by atoms with Crippen LogP contribution in [-0.4, -0.2) is 19.4 Å². The van der Waals surface area contributed by atoms with Crippen molar-refractivity contribution >= 4 is 17.2 Å². The second-order valence-corrected chi connectivity index (χ2v) is 4.31. The van der Waals surface area contributed by atoms with Crippen LogP contribution in [0.4, 0.5) is 8.78 Å². The van der Waals surface area contributed by atoms with Crippen molar-refractivity contribution < 1.29 is 8.78 Å². The van der Waals surface area contributed by atoms with Gasteiger partial charge in [0.2, 0.25) is 0 Å². The lowest BCUT2D eigenvalue weighted by Gasteiger charge is -2.04. The Morgan fingerprint density at radius 1 is 1.21 bits per heavy atom. The Morgan fingerprint density at radius 3 is 2.74 bits per heavy atom. The van der Waals surface area contributed by atoms with Gasteiger partial charge in [0.15, 0.2) is 16.8 Å². The lowest BCUT2D eigenvalue weighted by molar-refractivity contribution is 0.602. The van der Waals surface area contributed by atoms with Crippen LogP contribution in [0.25, 0.3) is 17.2 Å². The van der Waals surface area contributed by atoms with E-state index in [0.29, 0.717) is 11.3 Å². The lowest BCUT2D eigenvalue weighted by Crippen LogP contribution is -1.99. The Kier molecular flexibility index (Phi) is 2.67. The van der Waals surface area contributed by atoms with Gasteiger partial charge in [0.05, 0.1) is 11.9 Å². The molecule has 0 aliphatic rings. The first-order chi connectivity index (χ1) is 9.06. The van der Waals surface area contributed by atoms with E-state index in [1.165, 1.54) is 35.9 Å². The zero-order chi connectivity index (χ0) is 13.6. The minimum absolute atomic E-state index is 0.126. The van der Waals surface area contributed by atoms with Gasteiger partial charge < -0.3 is 0 Å². The third kappa shape index (κ3) is 1.94. The number of nitrogens with zero attached hydrogens (tertiary/aromatic N) is 4. The Labute approximate surface area is 111 Å². The molecule has 0 radical (unpaired) electrons. The maximum Gasteiger partial charge on any atom is 0.181 e. The molecule has 3 aromatic heterocycles. The average Bonchev–Trinajstić information content (AvgIpc) is 2.78. The number of aryl methyl sites for hydroxylation is 1. The SMILES string of the molecule is Cc1nc(-c2cnc3ccc(F)cn23)nc(Cl)c1F. The van der Waals surface area contributed by atoms with Gasteiger partial charge >= 0.3 is 0 Å². The van der Waals surface area contributed by atoms with Gasteiger partial charge in [-0.25, -0.2) is 23.7 Å². The number of aromatic nitrogens is 4. The van der Waals surface area contributed by atoms with Crippen LogP contribution in [0, 0.1) is 18.6 Å². The van der Waals surface area contributed by atoms with Gasteiger partial charge in [0.25, 0.3) is 0 Å². The van der Waals surface area contributed by atoms with Crippen LogP contribution in [0.5, 0.6) is 0 Å². The summed E-state index contributed by atoms with van der Waals surface area (Å²) in [7, 11) is 0. The van der Waals surface area contributed by atoms with E-state index in [0.717, 1.165) is 0 Å². The van der Waals surface area contributed by atoms with Crippen LogP contribution in [0.3, 0.4) is 0 Å². The average molecular weight is 281 g/mol. The zero-order valence-corrected chi connectivity index (χ0v) is 10.5. The van der Waals surface area contributed by atoms with Crippen molar-refractivity contribution in [2.45, 2.75) is 6.92 Å². The zero-order valence-electron chi connectivity index (χ0n) is 9.73. The number of pyridine rings is 1. The molecule has 0 unspecified atom stereocenters. The van der Waals surface area contributed by atoms with Crippen molar-refractivity contribution in [3.63, 3.8) is 0 Å². The van der Waals surface area contributed by atoms with Crippen molar-refractivity contribution in [1.29, 1.82) is 0 Å². The van der Waals surface area contributed by atoms with E-state index >= 15 is 0 Å². The van der Waals surface area contributed by atoms with E-state index < -0.39 is 11.6 Å². The first-order valence-corrected chi connectivity index (χ1v) is 5.76. The molecule has 3 heterocycles. The van der Waals surface area contributed by atoms with Crippen LogP contribution >= 0.6 is 11.6 Å². The molecule has 0 N–H and O–H groups in total. The van der Waals surface area contributed by atoms with Gasteiger partial charge in [-0.15, -0.1) is 0 Å². The molecule has 0 aliphatic heterocycles. The summed E-state index contributed by atoms with van der Waals surface area (Å²) in [6.07, 6.45) is 2.74. The fraction of sp³-hybridized carbons (Fsp3) is 0.0833. The van der Waals surface area contributed by atoms with Gasteiger partial charge in [0.1, 0.15) is 17.2 Å². The quantitative estimate of drug-likeness (QED) is 0.644. The summed E-state index contributed by atoms with van der Waals surface area (Å²) in [4.78, 5) is 12.0. The highest BCUT2D eigenvalue weighted by Gasteiger charge is 2.14.